The van der Waals surface area contributed by atoms with Crippen molar-refractivity contribution in [1.29, 1.82) is 0 Å². The second kappa shape index (κ2) is 4.96. The number of fused-ring (bicyclic) bond motifs is 1. The molecule has 2 rings (SSSR count). The summed E-state index contributed by atoms with van der Waals surface area (Å²) < 4.78 is 0. The van der Waals surface area contributed by atoms with E-state index in [1.807, 2.05) is 12.1 Å². The van der Waals surface area contributed by atoms with Gasteiger partial charge in [0.2, 0.25) is 0 Å². The third-order valence-electron chi connectivity index (χ3n) is 3.19. The number of nitrogens with two attached hydrogens (primary N) is 1. The Morgan fingerprint density at radius 2 is 2.00 bits per heavy atom. The molecule has 1 aromatic carbocycles. The van der Waals surface area contributed by atoms with Crippen LogP contribution in [0, 0.1) is 0 Å². The van der Waals surface area contributed by atoms with Crippen molar-refractivity contribution in [2.24, 2.45) is 5.73 Å². The van der Waals surface area contributed by atoms with Gasteiger partial charge in [-0.3, -0.25) is 0 Å². The maximum absolute atomic E-state index is 11.2. The molecule has 98 valence electrons. The SMILES string of the molecule is CC(C)(CNCCN)c1ccc2[nH]c(=O)[nH]c2c1. The molecular weight excluding hydrogens is 228 g/mol. The summed E-state index contributed by atoms with van der Waals surface area (Å²) in [6, 6.07) is 6.01. The minimum absolute atomic E-state index is 0.00246. The lowest BCUT2D eigenvalue weighted by atomic mass is 9.84. The molecule has 0 aliphatic heterocycles. The van der Waals surface area contributed by atoms with E-state index in [1.165, 1.54) is 5.56 Å². The molecule has 0 bridgehead atoms. The number of hydrogen-bond donors (Lipinski definition) is 4. The van der Waals surface area contributed by atoms with Gasteiger partial charge in [0.1, 0.15) is 0 Å². The topological polar surface area (TPSA) is 86.7 Å². The number of H-pyrrole nitrogens is 2. The first-order valence-corrected chi connectivity index (χ1v) is 6.16. The molecule has 5 N–H and O–H groups in total. The van der Waals surface area contributed by atoms with Gasteiger partial charge in [0.15, 0.2) is 0 Å². The monoisotopic (exact) mass is 248 g/mol. The number of aromatic nitrogens is 2. The lowest BCUT2D eigenvalue weighted by Gasteiger charge is -2.25. The van der Waals surface area contributed by atoms with Gasteiger partial charge in [-0.05, 0) is 17.7 Å². The van der Waals surface area contributed by atoms with E-state index in [2.05, 4.69) is 35.2 Å². The van der Waals surface area contributed by atoms with Gasteiger partial charge in [-0.15, -0.1) is 0 Å². The van der Waals surface area contributed by atoms with Gasteiger partial charge < -0.3 is 21.0 Å². The number of rotatable bonds is 5. The maximum atomic E-state index is 11.2. The van der Waals surface area contributed by atoms with Crippen molar-refractivity contribution in [3.05, 3.63) is 34.2 Å². The molecule has 0 aliphatic rings. The van der Waals surface area contributed by atoms with E-state index in [0.717, 1.165) is 24.1 Å². The fraction of sp³-hybridized carbons (Fsp3) is 0.462. The highest BCUT2D eigenvalue weighted by atomic mass is 16.1. The first-order chi connectivity index (χ1) is 8.53. The van der Waals surface area contributed by atoms with Crippen LogP contribution in [0.3, 0.4) is 0 Å². The van der Waals surface area contributed by atoms with E-state index < -0.39 is 0 Å². The summed E-state index contributed by atoms with van der Waals surface area (Å²) in [5.74, 6) is 0. The minimum atomic E-state index is -0.166. The van der Waals surface area contributed by atoms with E-state index in [-0.39, 0.29) is 11.1 Å². The molecule has 0 unspecified atom stereocenters. The maximum Gasteiger partial charge on any atom is 0.323 e. The number of benzene rings is 1. The lowest BCUT2D eigenvalue weighted by Crippen LogP contribution is -2.35. The molecule has 0 fully saturated rings. The lowest BCUT2D eigenvalue weighted by molar-refractivity contribution is 0.474. The fourth-order valence-electron chi connectivity index (χ4n) is 2.06. The molecule has 0 spiro atoms. The van der Waals surface area contributed by atoms with E-state index in [4.69, 9.17) is 5.73 Å². The summed E-state index contributed by atoms with van der Waals surface area (Å²) in [6.07, 6.45) is 0. The van der Waals surface area contributed by atoms with Crippen molar-refractivity contribution in [3.63, 3.8) is 0 Å². The molecule has 0 atom stereocenters. The average molecular weight is 248 g/mol. The van der Waals surface area contributed by atoms with Crippen LogP contribution in [0.2, 0.25) is 0 Å². The molecule has 0 saturated heterocycles. The Morgan fingerprint density at radius 3 is 2.72 bits per heavy atom. The Hall–Kier alpha value is -1.59. The van der Waals surface area contributed by atoms with Crippen molar-refractivity contribution in [2.75, 3.05) is 19.6 Å². The summed E-state index contributed by atoms with van der Waals surface area (Å²) in [5.41, 5.74) is 8.18. The summed E-state index contributed by atoms with van der Waals surface area (Å²) >= 11 is 0. The molecule has 1 aromatic heterocycles. The van der Waals surface area contributed by atoms with Crippen LogP contribution < -0.4 is 16.7 Å². The zero-order valence-corrected chi connectivity index (χ0v) is 10.8. The van der Waals surface area contributed by atoms with Crippen LogP contribution in [0.25, 0.3) is 11.0 Å². The highest BCUT2D eigenvalue weighted by molar-refractivity contribution is 5.75. The molecule has 2 aromatic rings. The molecule has 5 nitrogen and oxygen atoms in total. The molecule has 18 heavy (non-hydrogen) atoms. The van der Waals surface area contributed by atoms with Gasteiger partial charge in [-0.25, -0.2) is 4.79 Å². The fourth-order valence-corrected chi connectivity index (χ4v) is 2.06. The van der Waals surface area contributed by atoms with E-state index >= 15 is 0 Å². The predicted molar refractivity (Wildman–Crippen MR) is 73.9 cm³/mol. The Labute approximate surface area is 106 Å². The van der Waals surface area contributed by atoms with Gasteiger partial charge in [-0.1, -0.05) is 19.9 Å². The van der Waals surface area contributed by atoms with E-state index in [0.29, 0.717) is 6.54 Å². The highest BCUT2D eigenvalue weighted by Gasteiger charge is 2.20. The van der Waals surface area contributed by atoms with Crippen molar-refractivity contribution < 1.29 is 0 Å². The second-order valence-corrected chi connectivity index (χ2v) is 5.19. The number of imidazole rings is 1. The molecular formula is C13H20N4O. The zero-order chi connectivity index (χ0) is 13.2. The standard InChI is InChI=1S/C13H20N4O/c1-13(2,8-15-6-5-14)9-3-4-10-11(7-9)17-12(18)16-10/h3-4,7,15H,5-6,8,14H2,1-2H3,(H2,16,17,18). The molecule has 0 amide bonds. The van der Waals surface area contributed by atoms with Crippen LogP contribution in [0.1, 0.15) is 19.4 Å². The first-order valence-electron chi connectivity index (χ1n) is 6.16. The van der Waals surface area contributed by atoms with Gasteiger partial charge in [-0.2, -0.15) is 0 Å². The second-order valence-electron chi connectivity index (χ2n) is 5.19. The molecule has 1 heterocycles. The van der Waals surface area contributed by atoms with Crippen molar-refractivity contribution in [2.45, 2.75) is 19.3 Å². The number of hydrogen-bond acceptors (Lipinski definition) is 3. The van der Waals surface area contributed by atoms with Crippen molar-refractivity contribution in [3.8, 4) is 0 Å². The summed E-state index contributed by atoms with van der Waals surface area (Å²) in [5, 5.41) is 3.32. The van der Waals surface area contributed by atoms with Gasteiger partial charge in [0.25, 0.3) is 0 Å². The third-order valence-corrected chi connectivity index (χ3v) is 3.19. The Balaban J connectivity index is 2.25. The van der Waals surface area contributed by atoms with Crippen molar-refractivity contribution >= 4 is 11.0 Å². The van der Waals surface area contributed by atoms with Crippen LogP contribution in [0.4, 0.5) is 0 Å². The summed E-state index contributed by atoms with van der Waals surface area (Å²) in [7, 11) is 0. The minimum Gasteiger partial charge on any atom is -0.329 e. The first kappa shape index (κ1) is 12.9. The molecule has 0 aliphatic carbocycles. The van der Waals surface area contributed by atoms with E-state index in [9.17, 15) is 4.79 Å². The molecule has 0 radical (unpaired) electrons. The van der Waals surface area contributed by atoms with Crippen LogP contribution in [0.15, 0.2) is 23.0 Å². The zero-order valence-electron chi connectivity index (χ0n) is 10.8. The quantitative estimate of drug-likeness (QED) is 0.587. The smallest absolute Gasteiger partial charge is 0.323 e. The van der Waals surface area contributed by atoms with Crippen LogP contribution in [-0.2, 0) is 5.41 Å². The molecule has 5 heteroatoms. The van der Waals surface area contributed by atoms with Gasteiger partial charge in [0.05, 0.1) is 11.0 Å². The highest BCUT2D eigenvalue weighted by Crippen LogP contribution is 2.24. The Bertz CT molecular complexity index is 582. The van der Waals surface area contributed by atoms with Crippen LogP contribution in [-0.4, -0.2) is 29.6 Å². The third kappa shape index (κ3) is 2.63. The van der Waals surface area contributed by atoms with Gasteiger partial charge in [0, 0.05) is 25.0 Å². The average Bonchev–Trinajstić information content (AvgIpc) is 2.68. The van der Waals surface area contributed by atoms with Gasteiger partial charge >= 0.3 is 5.69 Å². The summed E-state index contributed by atoms with van der Waals surface area (Å²) in [6.45, 7) is 6.64. The molecule has 0 saturated carbocycles. The Kier molecular flexibility index (Phi) is 3.54. The van der Waals surface area contributed by atoms with Crippen molar-refractivity contribution in [1.82, 2.24) is 15.3 Å². The van der Waals surface area contributed by atoms with Crippen LogP contribution >= 0.6 is 0 Å². The summed E-state index contributed by atoms with van der Waals surface area (Å²) in [4.78, 5) is 16.8. The van der Waals surface area contributed by atoms with E-state index in [1.54, 1.807) is 0 Å². The van der Waals surface area contributed by atoms with Crippen LogP contribution in [0.5, 0.6) is 0 Å². The normalized spacial score (nSPS) is 12.2. The largest absolute Gasteiger partial charge is 0.329 e. The predicted octanol–water partition coefficient (Wildman–Crippen LogP) is 0.682. The Morgan fingerprint density at radius 1 is 1.28 bits per heavy atom. The number of aromatic amines is 2. The number of nitrogens with one attached hydrogen (secondary N) is 3.